The predicted molar refractivity (Wildman–Crippen MR) is 320 cm³/mol. The van der Waals surface area contributed by atoms with Gasteiger partial charge in [0.2, 0.25) is 0 Å². The van der Waals surface area contributed by atoms with Gasteiger partial charge in [-0.2, -0.15) is 0 Å². The van der Waals surface area contributed by atoms with Crippen molar-refractivity contribution in [2.24, 2.45) is 0 Å². The summed E-state index contributed by atoms with van der Waals surface area (Å²) in [6.45, 7) is 6.44. The van der Waals surface area contributed by atoms with Crippen LogP contribution in [0.3, 0.4) is 0 Å². The summed E-state index contributed by atoms with van der Waals surface area (Å²) in [5, 5.41) is 0. The summed E-state index contributed by atoms with van der Waals surface area (Å²) >= 11 is 0. The second-order valence-corrected chi connectivity index (χ2v) is 19.9. The standard InChI is InChI=1S/C68H112O6/c1-4-7-10-13-16-19-22-24-25-26-27-28-29-30-31-32-33-34-35-36-37-38-39-40-41-42-43-44-47-49-52-55-58-61-67(70)73-64-65(63-72-66(69)60-57-54-51-48-45-21-18-15-12-9-6-3)74-68(71)62-59-56-53-50-46-23-20-17-14-11-8-5-2/h7,10,15-20,24-25,27-28,30-31,33-34,36-37,39-40,65H,4-6,8-9,11-14,21-23,26,29,32,35,38,41-64H2,1-3H3/b10-7-,18-15-,19-16-,20-17-,25-24-,28-27-,31-30-,34-33-,37-36-,40-39-. The molecule has 6 heteroatoms. The van der Waals surface area contributed by atoms with E-state index in [1.165, 1.54) is 96.3 Å². The van der Waals surface area contributed by atoms with E-state index in [-0.39, 0.29) is 31.1 Å². The van der Waals surface area contributed by atoms with E-state index < -0.39 is 6.10 Å². The number of unbranched alkanes of at least 4 members (excludes halogenated alkanes) is 23. The van der Waals surface area contributed by atoms with E-state index in [2.05, 4.69) is 142 Å². The van der Waals surface area contributed by atoms with Crippen LogP contribution in [0.25, 0.3) is 0 Å². The van der Waals surface area contributed by atoms with Crippen LogP contribution in [-0.2, 0) is 28.6 Å². The Morgan fingerprint density at radius 2 is 0.541 bits per heavy atom. The fraction of sp³-hybridized carbons (Fsp3) is 0.662. The van der Waals surface area contributed by atoms with E-state index in [1.54, 1.807) is 0 Å². The van der Waals surface area contributed by atoms with Crippen LogP contribution < -0.4 is 0 Å². The summed E-state index contributed by atoms with van der Waals surface area (Å²) in [6.07, 6.45) is 84.9. The highest BCUT2D eigenvalue weighted by molar-refractivity contribution is 5.71. The summed E-state index contributed by atoms with van der Waals surface area (Å²) in [4.78, 5) is 38.1. The zero-order valence-electron chi connectivity index (χ0n) is 48.1. The van der Waals surface area contributed by atoms with E-state index >= 15 is 0 Å². The van der Waals surface area contributed by atoms with Gasteiger partial charge >= 0.3 is 17.9 Å². The van der Waals surface area contributed by atoms with Gasteiger partial charge in [-0.05, 0) is 128 Å². The molecular weight excluding hydrogens is 913 g/mol. The number of hydrogen-bond acceptors (Lipinski definition) is 6. The maximum atomic E-state index is 12.8. The molecule has 0 spiro atoms. The first-order valence-electron chi connectivity index (χ1n) is 30.5. The lowest BCUT2D eigenvalue weighted by atomic mass is 10.1. The lowest BCUT2D eigenvalue weighted by Gasteiger charge is -2.18. The first-order chi connectivity index (χ1) is 36.5. The molecule has 0 saturated carbocycles. The van der Waals surface area contributed by atoms with Gasteiger partial charge in [0.05, 0.1) is 0 Å². The maximum Gasteiger partial charge on any atom is 0.306 e. The van der Waals surface area contributed by atoms with Crippen molar-refractivity contribution in [3.05, 3.63) is 122 Å². The third-order valence-electron chi connectivity index (χ3n) is 12.7. The van der Waals surface area contributed by atoms with Crippen molar-refractivity contribution in [1.29, 1.82) is 0 Å². The predicted octanol–water partition coefficient (Wildman–Crippen LogP) is 20.8. The molecule has 0 amide bonds. The highest BCUT2D eigenvalue weighted by Gasteiger charge is 2.19. The van der Waals surface area contributed by atoms with E-state index in [4.69, 9.17) is 14.2 Å². The van der Waals surface area contributed by atoms with Gasteiger partial charge in [-0.3, -0.25) is 14.4 Å². The molecule has 1 atom stereocenters. The summed E-state index contributed by atoms with van der Waals surface area (Å²) in [5.41, 5.74) is 0. The average molecular weight is 1030 g/mol. The molecule has 0 aliphatic carbocycles. The van der Waals surface area contributed by atoms with Crippen molar-refractivity contribution in [2.75, 3.05) is 13.2 Å². The number of carbonyl (C=O) groups excluding carboxylic acids is 3. The smallest absolute Gasteiger partial charge is 0.306 e. The molecule has 0 heterocycles. The molecular formula is C68H112O6. The molecule has 0 rings (SSSR count). The fourth-order valence-electron chi connectivity index (χ4n) is 8.08. The largest absolute Gasteiger partial charge is 0.462 e. The molecule has 74 heavy (non-hydrogen) atoms. The van der Waals surface area contributed by atoms with Gasteiger partial charge in [0.15, 0.2) is 6.10 Å². The number of rotatable bonds is 54. The number of carbonyl (C=O) groups is 3. The summed E-state index contributed by atoms with van der Waals surface area (Å²) in [5.74, 6) is -0.917. The summed E-state index contributed by atoms with van der Waals surface area (Å²) < 4.78 is 16.8. The normalized spacial score (nSPS) is 13.0. The monoisotopic (exact) mass is 1020 g/mol. The van der Waals surface area contributed by atoms with Gasteiger partial charge < -0.3 is 14.2 Å². The third kappa shape index (κ3) is 58.7. The van der Waals surface area contributed by atoms with Crippen LogP contribution in [0.5, 0.6) is 0 Å². The van der Waals surface area contributed by atoms with E-state index in [9.17, 15) is 14.4 Å². The molecule has 420 valence electrons. The van der Waals surface area contributed by atoms with Crippen LogP contribution in [0.15, 0.2) is 122 Å². The Morgan fingerprint density at radius 3 is 0.878 bits per heavy atom. The number of allylic oxidation sites excluding steroid dienone is 20. The molecule has 1 unspecified atom stereocenters. The number of esters is 3. The van der Waals surface area contributed by atoms with Crippen LogP contribution >= 0.6 is 0 Å². The molecule has 0 N–H and O–H groups in total. The lowest BCUT2D eigenvalue weighted by molar-refractivity contribution is -0.167. The summed E-state index contributed by atoms with van der Waals surface area (Å²) in [6, 6.07) is 0. The average Bonchev–Trinajstić information content (AvgIpc) is 3.40. The van der Waals surface area contributed by atoms with Gasteiger partial charge in [0.1, 0.15) is 13.2 Å². The van der Waals surface area contributed by atoms with Crippen molar-refractivity contribution in [2.45, 2.75) is 277 Å². The Balaban J connectivity index is 4.20. The Kier molecular flexibility index (Phi) is 57.9. The quantitative estimate of drug-likeness (QED) is 0.0261. The minimum atomic E-state index is -0.790. The minimum Gasteiger partial charge on any atom is -0.462 e. The second kappa shape index (κ2) is 61.4. The molecule has 0 radical (unpaired) electrons. The van der Waals surface area contributed by atoms with Crippen LogP contribution in [-0.4, -0.2) is 37.2 Å². The van der Waals surface area contributed by atoms with Gasteiger partial charge in [0.25, 0.3) is 0 Å². The Morgan fingerprint density at radius 1 is 0.284 bits per heavy atom. The van der Waals surface area contributed by atoms with Crippen LogP contribution in [0.2, 0.25) is 0 Å². The maximum absolute atomic E-state index is 12.8. The molecule has 0 aromatic heterocycles. The topological polar surface area (TPSA) is 78.9 Å². The van der Waals surface area contributed by atoms with Crippen molar-refractivity contribution < 1.29 is 28.6 Å². The third-order valence-corrected chi connectivity index (χ3v) is 12.7. The van der Waals surface area contributed by atoms with Gasteiger partial charge in [-0.15, -0.1) is 0 Å². The molecule has 6 nitrogen and oxygen atoms in total. The van der Waals surface area contributed by atoms with Crippen molar-refractivity contribution >= 4 is 17.9 Å². The van der Waals surface area contributed by atoms with Crippen molar-refractivity contribution in [3.63, 3.8) is 0 Å². The Labute approximate surface area is 456 Å². The Hall–Kier alpha value is -4.19. The zero-order chi connectivity index (χ0) is 53.6. The highest BCUT2D eigenvalue weighted by Crippen LogP contribution is 2.14. The molecule has 0 fully saturated rings. The first-order valence-corrected chi connectivity index (χ1v) is 30.5. The Bertz CT molecular complexity index is 1550. The van der Waals surface area contributed by atoms with Crippen LogP contribution in [0.4, 0.5) is 0 Å². The summed E-state index contributed by atoms with van der Waals surface area (Å²) in [7, 11) is 0. The molecule has 0 saturated heterocycles. The first kappa shape index (κ1) is 69.8. The second-order valence-electron chi connectivity index (χ2n) is 19.9. The van der Waals surface area contributed by atoms with E-state index in [0.717, 1.165) is 135 Å². The van der Waals surface area contributed by atoms with Gasteiger partial charge in [-0.25, -0.2) is 0 Å². The number of ether oxygens (including phenoxy) is 3. The molecule has 0 aromatic carbocycles. The lowest BCUT2D eigenvalue weighted by Crippen LogP contribution is -2.30. The molecule has 0 aliphatic heterocycles. The van der Waals surface area contributed by atoms with E-state index in [0.29, 0.717) is 19.3 Å². The van der Waals surface area contributed by atoms with Gasteiger partial charge in [-0.1, -0.05) is 245 Å². The van der Waals surface area contributed by atoms with E-state index in [1.807, 2.05) is 0 Å². The minimum absolute atomic E-state index is 0.0892. The van der Waals surface area contributed by atoms with Gasteiger partial charge in [0, 0.05) is 19.3 Å². The van der Waals surface area contributed by atoms with Crippen molar-refractivity contribution in [3.8, 4) is 0 Å². The molecule has 0 bridgehead atoms. The van der Waals surface area contributed by atoms with Crippen LogP contribution in [0, 0.1) is 0 Å². The highest BCUT2D eigenvalue weighted by atomic mass is 16.6. The van der Waals surface area contributed by atoms with Crippen molar-refractivity contribution in [1.82, 2.24) is 0 Å². The molecule has 0 aromatic rings. The number of hydrogen-bond donors (Lipinski definition) is 0. The zero-order valence-corrected chi connectivity index (χ0v) is 48.1. The molecule has 0 aliphatic rings. The van der Waals surface area contributed by atoms with Crippen LogP contribution in [0.1, 0.15) is 271 Å². The fourth-order valence-corrected chi connectivity index (χ4v) is 8.08. The SMILES string of the molecule is CC/C=C\C/C=C\C/C=C\C/C=C\C/C=C\C/C=C\C/C=C\C/C=C\CCCCCCCCCCC(=O)OCC(COC(=O)CCCCCCC/C=C\CCCC)OC(=O)CCCCCCC/C=C\CCCCC.